The molecule has 1 N–H and O–H groups in total. The molecule has 2 aromatic rings. The van der Waals surface area contributed by atoms with Crippen molar-refractivity contribution in [3.63, 3.8) is 0 Å². The Morgan fingerprint density at radius 3 is 3.00 bits per heavy atom. The zero-order valence-electron chi connectivity index (χ0n) is 7.01. The highest BCUT2D eigenvalue weighted by Crippen LogP contribution is 1.96. The minimum absolute atomic E-state index is 0.436. The van der Waals surface area contributed by atoms with Crippen LogP contribution in [0.3, 0.4) is 0 Å². The van der Waals surface area contributed by atoms with E-state index in [0.717, 1.165) is 5.69 Å². The summed E-state index contributed by atoms with van der Waals surface area (Å²) in [4.78, 5) is 0. The number of tetrazole rings is 1. The number of aromatic nitrogens is 6. The highest BCUT2D eigenvalue weighted by Gasteiger charge is 1.99. The Bertz CT molecular complexity index is 451. The van der Waals surface area contributed by atoms with Crippen molar-refractivity contribution in [1.29, 1.82) is 0 Å². The number of rotatable bonds is 2. The average molecular weight is 196 g/mol. The first-order chi connectivity index (χ1) is 6.25. The quantitative estimate of drug-likeness (QED) is 0.693. The maximum Gasteiger partial charge on any atom is 0.238 e. The summed E-state index contributed by atoms with van der Waals surface area (Å²) in [5.41, 5.74) is 0.921. The van der Waals surface area contributed by atoms with E-state index >= 15 is 0 Å². The lowest BCUT2D eigenvalue weighted by atomic mass is 10.4. The average Bonchev–Trinajstić information content (AvgIpc) is 2.64. The Balaban J connectivity index is 2.24. The van der Waals surface area contributed by atoms with Crippen LogP contribution in [0.15, 0.2) is 12.3 Å². The highest BCUT2D eigenvalue weighted by atomic mass is 32.1. The number of aromatic amines is 1. The van der Waals surface area contributed by atoms with Gasteiger partial charge in [0.25, 0.3) is 0 Å². The monoisotopic (exact) mass is 196 g/mol. The van der Waals surface area contributed by atoms with Crippen molar-refractivity contribution in [2.45, 2.75) is 6.54 Å². The van der Waals surface area contributed by atoms with Crippen molar-refractivity contribution in [2.24, 2.45) is 7.05 Å². The van der Waals surface area contributed by atoms with Gasteiger partial charge in [0.2, 0.25) is 4.77 Å². The normalized spacial score (nSPS) is 10.5. The van der Waals surface area contributed by atoms with E-state index in [9.17, 15) is 0 Å². The summed E-state index contributed by atoms with van der Waals surface area (Å²) in [5.74, 6) is 0. The van der Waals surface area contributed by atoms with E-state index in [-0.39, 0.29) is 0 Å². The van der Waals surface area contributed by atoms with Crippen LogP contribution in [0, 0.1) is 4.77 Å². The van der Waals surface area contributed by atoms with Crippen LogP contribution in [-0.2, 0) is 13.6 Å². The van der Waals surface area contributed by atoms with Crippen LogP contribution in [-0.4, -0.2) is 30.0 Å². The maximum atomic E-state index is 4.91. The molecule has 0 aliphatic carbocycles. The van der Waals surface area contributed by atoms with E-state index in [1.54, 1.807) is 9.36 Å². The third-order valence-corrected chi connectivity index (χ3v) is 1.92. The summed E-state index contributed by atoms with van der Waals surface area (Å²) in [6.45, 7) is 0.576. The van der Waals surface area contributed by atoms with Gasteiger partial charge in [-0.3, -0.25) is 4.68 Å². The molecule has 0 unspecified atom stereocenters. The Morgan fingerprint density at radius 1 is 1.62 bits per heavy atom. The third kappa shape index (κ3) is 1.64. The van der Waals surface area contributed by atoms with Crippen LogP contribution >= 0.6 is 12.2 Å². The summed E-state index contributed by atoms with van der Waals surface area (Å²) < 4.78 is 3.83. The third-order valence-electron chi connectivity index (χ3n) is 1.62. The molecule has 0 amide bonds. The highest BCUT2D eigenvalue weighted by molar-refractivity contribution is 7.71. The van der Waals surface area contributed by atoms with Crippen molar-refractivity contribution >= 4 is 12.2 Å². The fourth-order valence-electron chi connectivity index (χ4n) is 1.03. The summed E-state index contributed by atoms with van der Waals surface area (Å²) >= 11 is 4.91. The molecule has 2 rings (SSSR count). The van der Waals surface area contributed by atoms with Gasteiger partial charge in [-0.1, -0.05) is 10.3 Å². The predicted octanol–water partition coefficient (Wildman–Crippen LogP) is 0.117. The first-order valence-corrected chi connectivity index (χ1v) is 4.13. The molecule has 0 bridgehead atoms. The SMILES string of the molecule is Cn1ccc(Cn2[nH]nnc2=S)n1. The van der Waals surface area contributed by atoms with Crippen molar-refractivity contribution in [3.05, 3.63) is 22.7 Å². The number of H-pyrrole nitrogens is 1. The zero-order valence-corrected chi connectivity index (χ0v) is 7.82. The molecule has 0 radical (unpaired) electrons. The minimum Gasteiger partial charge on any atom is -0.275 e. The number of aryl methyl sites for hydroxylation is 1. The molecular formula is C6H8N6S. The van der Waals surface area contributed by atoms with Crippen LogP contribution in [0.25, 0.3) is 0 Å². The van der Waals surface area contributed by atoms with E-state index in [1.807, 2.05) is 19.3 Å². The number of nitrogens with zero attached hydrogens (tertiary/aromatic N) is 5. The number of nitrogens with one attached hydrogen (secondary N) is 1. The number of hydrogen-bond acceptors (Lipinski definition) is 4. The fourth-order valence-corrected chi connectivity index (χ4v) is 1.17. The lowest BCUT2D eigenvalue weighted by Crippen LogP contribution is -2.03. The van der Waals surface area contributed by atoms with E-state index in [0.29, 0.717) is 11.3 Å². The topological polar surface area (TPSA) is 64.3 Å². The van der Waals surface area contributed by atoms with Crippen LogP contribution < -0.4 is 0 Å². The first kappa shape index (κ1) is 8.11. The molecule has 0 saturated heterocycles. The van der Waals surface area contributed by atoms with Gasteiger partial charge in [0.1, 0.15) is 0 Å². The predicted molar refractivity (Wildman–Crippen MR) is 47.5 cm³/mol. The Labute approximate surface area is 79.2 Å². The standard InChI is InChI=1S/C6H8N6S/c1-11-3-2-5(8-11)4-12-6(13)7-9-10-12/h2-3H,4H2,1H3,(H,7,10,13). The summed E-state index contributed by atoms with van der Waals surface area (Å²) in [5, 5.41) is 14.1. The Kier molecular flexibility index (Phi) is 1.93. The maximum absolute atomic E-state index is 4.91. The Morgan fingerprint density at radius 2 is 2.46 bits per heavy atom. The van der Waals surface area contributed by atoms with Crippen molar-refractivity contribution < 1.29 is 0 Å². The van der Waals surface area contributed by atoms with E-state index in [4.69, 9.17) is 12.2 Å². The molecule has 6 nitrogen and oxygen atoms in total. The molecule has 0 spiro atoms. The van der Waals surface area contributed by atoms with E-state index in [2.05, 4.69) is 20.6 Å². The van der Waals surface area contributed by atoms with Crippen molar-refractivity contribution in [1.82, 2.24) is 30.0 Å². The number of hydrogen-bond donors (Lipinski definition) is 1. The van der Waals surface area contributed by atoms with Gasteiger partial charge in [-0.15, -0.1) is 0 Å². The minimum atomic E-state index is 0.436. The second kappa shape index (κ2) is 3.09. The van der Waals surface area contributed by atoms with Crippen molar-refractivity contribution in [2.75, 3.05) is 0 Å². The molecule has 2 aromatic heterocycles. The van der Waals surface area contributed by atoms with E-state index < -0.39 is 0 Å². The van der Waals surface area contributed by atoms with E-state index in [1.165, 1.54) is 0 Å². The zero-order chi connectivity index (χ0) is 9.26. The van der Waals surface area contributed by atoms with Crippen LogP contribution in [0.4, 0.5) is 0 Å². The van der Waals surface area contributed by atoms with Crippen LogP contribution in [0.2, 0.25) is 0 Å². The molecular weight excluding hydrogens is 188 g/mol. The molecule has 0 saturated carbocycles. The molecule has 0 atom stereocenters. The second-order valence-electron chi connectivity index (χ2n) is 2.65. The van der Waals surface area contributed by atoms with Gasteiger partial charge >= 0.3 is 0 Å². The van der Waals surface area contributed by atoms with Gasteiger partial charge in [-0.05, 0) is 18.3 Å². The first-order valence-electron chi connectivity index (χ1n) is 3.72. The molecule has 13 heavy (non-hydrogen) atoms. The van der Waals surface area contributed by atoms with Gasteiger partial charge in [0.15, 0.2) is 0 Å². The lowest BCUT2D eigenvalue weighted by molar-refractivity contribution is 0.618. The largest absolute Gasteiger partial charge is 0.275 e. The molecule has 0 aliphatic heterocycles. The summed E-state index contributed by atoms with van der Waals surface area (Å²) in [6.07, 6.45) is 1.88. The van der Waals surface area contributed by atoms with Gasteiger partial charge in [0, 0.05) is 13.2 Å². The van der Waals surface area contributed by atoms with Crippen molar-refractivity contribution in [3.8, 4) is 0 Å². The lowest BCUT2D eigenvalue weighted by Gasteiger charge is -1.95. The van der Waals surface area contributed by atoms with Gasteiger partial charge < -0.3 is 0 Å². The van der Waals surface area contributed by atoms with Gasteiger partial charge in [-0.25, -0.2) is 4.68 Å². The summed E-state index contributed by atoms with van der Waals surface area (Å²) in [6, 6.07) is 1.92. The summed E-state index contributed by atoms with van der Waals surface area (Å²) in [7, 11) is 1.87. The molecule has 7 heteroatoms. The van der Waals surface area contributed by atoms with Gasteiger partial charge in [-0.2, -0.15) is 10.3 Å². The molecule has 0 fully saturated rings. The molecule has 2 heterocycles. The second-order valence-corrected chi connectivity index (χ2v) is 3.01. The smallest absolute Gasteiger partial charge is 0.238 e. The van der Waals surface area contributed by atoms with Crippen LogP contribution in [0.5, 0.6) is 0 Å². The van der Waals surface area contributed by atoms with Gasteiger partial charge in [0.05, 0.1) is 12.2 Å². The fraction of sp³-hybridized carbons (Fsp3) is 0.333. The molecule has 0 aromatic carbocycles. The Hall–Kier alpha value is -1.50. The van der Waals surface area contributed by atoms with Crippen LogP contribution in [0.1, 0.15) is 5.69 Å². The molecule has 68 valence electrons. The molecule has 0 aliphatic rings.